The number of carbonyl (C=O) groups excluding carboxylic acids is 3. The van der Waals surface area contributed by atoms with Crippen molar-refractivity contribution in [2.45, 2.75) is 42.9 Å². The first-order chi connectivity index (χ1) is 24.2. The van der Waals surface area contributed by atoms with E-state index in [-0.39, 0.29) is 58.2 Å². The normalized spacial score (nSPS) is 24.9. The second-order valence-corrected chi connectivity index (χ2v) is 11.9. The number of hydrogen-bond acceptors (Lipinski definition) is 9. The van der Waals surface area contributed by atoms with Crippen LogP contribution in [0.1, 0.15) is 45.2 Å². The van der Waals surface area contributed by atoms with E-state index in [4.69, 9.17) is 35.3 Å². The molecule has 2 aliphatic carbocycles. The first-order valence-electron chi connectivity index (χ1n) is 15.7. The fourth-order valence-corrected chi connectivity index (χ4v) is 6.13. The van der Waals surface area contributed by atoms with Gasteiger partial charge in [-0.3, -0.25) is 4.79 Å². The van der Waals surface area contributed by atoms with Gasteiger partial charge < -0.3 is 34.1 Å². The largest absolute Gasteiger partial charge is 0.493 e. The summed E-state index contributed by atoms with van der Waals surface area (Å²) in [6, 6.07) is 19.8. The van der Waals surface area contributed by atoms with Gasteiger partial charge in [-0.1, -0.05) is 83.8 Å². The highest BCUT2D eigenvalue weighted by molar-refractivity contribution is 6.33. The zero-order chi connectivity index (χ0) is 35.3. The van der Waals surface area contributed by atoms with Gasteiger partial charge in [0, 0.05) is 36.8 Å². The molecular weight excluding hydrogens is 662 g/mol. The molecule has 1 aliphatic heterocycles. The van der Waals surface area contributed by atoms with Gasteiger partial charge >= 0.3 is 11.9 Å². The zero-order valence-electron chi connectivity index (χ0n) is 27.1. The van der Waals surface area contributed by atoms with Crippen molar-refractivity contribution in [2.75, 3.05) is 20.8 Å². The van der Waals surface area contributed by atoms with E-state index < -0.39 is 47.9 Å². The Hall–Kier alpha value is -5.52. The number of rotatable bonds is 6. The molecule has 254 valence electrons. The molecule has 3 aromatic rings. The van der Waals surface area contributed by atoms with Crippen molar-refractivity contribution < 1.29 is 43.2 Å². The summed E-state index contributed by atoms with van der Waals surface area (Å²) in [5.74, 6) is 10.3. The van der Waals surface area contributed by atoms with Gasteiger partial charge in [0.05, 0.1) is 29.7 Å². The van der Waals surface area contributed by atoms with Crippen molar-refractivity contribution in [3.63, 3.8) is 0 Å². The molecule has 1 amide bonds. The van der Waals surface area contributed by atoms with Crippen molar-refractivity contribution in [3.8, 4) is 35.2 Å². The lowest BCUT2D eigenvalue weighted by atomic mass is 9.87. The third kappa shape index (κ3) is 6.96. The number of ether oxygens (including phenoxy) is 5. The number of nitrogens with one attached hydrogen (secondary N) is 1. The fraction of sp³-hybridized carbons (Fsp3) is 0.256. The quantitative estimate of drug-likeness (QED) is 0.277. The van der Waals surface area contributed by atoms with Gasteiger partial charge in [0.2, 0.25) is 5.91 Å². The number of halogens is 1. The van der Waals surface area contributed by atoms with Crippen LogP contribution < -0.4 is 14.8 Å². The fourth-order valence-electron chi connectivity index (χ4n) is 5.81. The molecule has 3 aromatic carbocycles. The summed E-state index contributed by atoms with van der Waals surface area (Å²) in [5.41, 5.74) is -0.681. The minimum absolute atomic E-state index is 0.0336. The Kier molecular flexibility index (Phi) is 10.3. The Morgan fingerprint density at radius 3 is 2.26 bits per heavy atom. The molecule has 3 aliphatic rings. The molecule has 0 saturated heterocycles. The van der Waals surface area contributed by atoms with Crippen LogP contribution in [0, 0.1) is 23.7 Å². The Labute approximate surface area is 294 Å². The van der Waals surface area contributed by atoms with Crippen molar-refractivity contribution in [2.24, 2.45) is 0 Å². The average Bonchev–Trinajstić information content (AvgIpc) is 3.46. The number of hydrogen-bond donors (Lipinski definition) is 2. The lowest BCUT2D eigenvalue weighted by Gasteiger charge is -2.36. The van der Waals surface area contributed by atoms with Gasteiger partial charge in [0.25, 0.3) is 0 Å². The van der Waals surface area contributed by atoms with E-state index in [2.05, 4.69) is 29.0 Å². The number of carbonyl (C=O) groups is 3. The van der Waals surface area contributed by atoms with Crippen LogP contribution in [-0.4, -0.2) is 67.6 Å². The summed E-state index contributed by atoms with van der Waals surface area (Å²) in [6.07, 6.45) is -1.54. The summed E-state index contributed by atoms with van der Waals surface area (Å²) in [7, 11) is 2.85. The summed E-state index contributed by atoms with van der Waals surface area (Å²) >= 11 is 7.03. The van der Waals surface area contributed by atoms with Crippen LogP contribution in [0.3, 0.4) is 0 Å². The van der Waals surface area contributed by atoms with Gasteiger partial charge in [0.1, 0.15) is 12.2 Å². The summed E-state index contributed by atoms with van der Waals surface area (Å²) in [4.78, 5) is 39.8. The average molecular weight is 694 g/mol. The van der Waals surface area contributed by atoms with Gasteiger partial charge in [-0.05, 0) is 36.4 Å². The number of benzene rings is 3. The summed E-state index contributed by atoms with van der Waals surface area (Å²) < 4.78 is 29.5. The molecule has 0 saturated carbocycles. The highest BCUT2D eigenvalue weighted by Gasteiger charge is 2.54. The topological polar surface area (TPSA) is 130 Å². The van der Waals surface area contributed by atoms with E-state index in [0.717, 1.165) is 0 Å². The second kappa shape index (κ2) is 14.9. The van der Waals surface area contributed by atoms with Crippen LogP contribution in [0.4, 0.5) is 0 Å². The lowest BCUT2D eigenvalue weighted by Crippen LogP contribution is -2.54. The maximum Gasteiger partial charge on any atom is 0.338 e. The van der Waals surface area contributed by atoms with Crippen LogP contribution in [-0.2, 0) is 19.0 Å². The van der Waals surface area contributed by atoms with Crippen molar-refractivity contribution in [3.05, 3.63) is 118 Å². The van der Waals surface area contributed by atoms with Crippen LogP contribution in [0.25, 0.3) is 0 Å². The third-order valence-electron chi connectivity index (χ3n) is 8.47. The van der Waals surface area contributed by atoms with E-state index >= 15 is 0 Å². The highest BCUT2D eigenvalue weighted by Crippen LogP contribution is 2.45. The van der Waals surface area contributed by atoms with E-state index in [9.17, 15) is 19.5 Å². The smallest absolute Gasteiger partial charge is 0.338 e. The Morgan fingerprint density at radius 1 is 0.920 bits per heavy atom. The molecule has 6 rings (SSSR count). The number of fused-ring (bicyclic) bond motifs is 7. The molecule has 10 nitrogen and oxygen atoms in total. The molecule has 0 fully saturated rings. The third-order valence-corrected chi connectivity index (χ3v) is 8.86. The maximum atomic E-state index is 13.3. The molecule has 0 aromatic heterocycles. The van der Waals surface area contributed by atoms with Crippen LogP contribution >= 0.6 is 11.6 Å². The Morgan fingerprint density at radius 2 is 1.60 bits per heavy atom. The molecule has 50 heavy (non-hydrogen) atoms. The van der Waals surface area contributed by atoms with Gasteiger partial charge in [-0.15, -0.1) is 0 Å². The molecular formula is C39H32ClNO9. The number of aliphatic hydroxyl groups is 1. The van der Waals surface area contributed by atoms with Crippen molar-refractivity contribution in [1.82, 2.24) is 5.32 Å². The predicted molar refractivity (Wildman–Crippen MR) is 182 cm³/mol. The van der Waals surface area contributed by atoms with Gasteiger partial charge in [-0.25, -0.2) is 9.59 Å². The lowest BCUT2D eigenvalue weighted by molar-refractivity contribution is -0.123. The molecule has 5 atom stereocenters. The highest BCUT2D eigenvalue weighted by atomic mass is 35.5. The van der Waals surface area contributed by atoms with E-state index in [0.29, 0.717) is 5.57 Å². The van der Waals surface area contributed by atoms with Crippen LogP contribution in [0.15, 0.2) is 96.1 Å². The predicted octanol–water partition coefficient (Wildman–Crippen LogP) is 4.76. The number of amides is 1. The molecule has 1 heterocycles. The van der Waals surface area contributed by atoms with Gasteiger partial charge in [0.15, 0.2) is 29.3 Å². The van der Waals surface area contributed by atoms with E-state index in [1.807, 2.05) is 0 Å². The first-order valence-corrected chi connectivity index (χ1v) is 16.1. The molecule has 0 unspecified atom stereocenters. The van der Waals surface area contributed by atoms with E-state index in [1.165, 1.54) is 20.3 Å². The molecule has 2 N–H and O–H groups in total. The van der Waals surface area contributed by atoms with Crippen molar-refractivity contribution in [1.29, 1.82) is 0 Å². The number of esters is 2. The zero-order valence-corrected chi connectivity index (χ0v) is 27.9. The minimum atomic E-state index is -2.09. The van der Waals surface area contributed by atoms with Gasteiger partial charge in [-0.2, -0.15) is 0 Å². The van der Waals surface area contributed by atoms with Crippen LogP contribution in [0.2, 0.25) is 5.02 Å². The second-order valence-electron chi connectivity index (χ2n) is 11.5. The first kappa shape index (κ1) is 34.3. The summed E-state index contributed by atoms with van der Waals surface area (Å²) in [5, 5.41) is 15.4. The molecule has 0 radical (unpaired) electrons. The minimum Gasteiger partial charge on any atom is -0.493 e. The van der Waals surface area contributed by atoms with Crippen molar-refractivity contribution >= 4 is 29.4 Å². The Bertz CT molecular complexity index is 1990. The SMILES string of the molecule is COc1ccc2c(Cl)c1O[C@@H]1C#C[C@@H](OC)/C(=C\CNC(=O)C[C@H]2OC(=O)c2ccccc2)C#CC2=CC[C@@H](OC(=O)c3ccccc3)[C@@]21O. The van der Waals surface area contributed by atoms with Crippen LogP contribution in [0.5, 0.6) is 11.5 Å². The molecule has 4 bridgehead atoms. The Balaban J connectivity index is 1.48. The maximum absolute atomic E-state index is 13.3. The molecule has 11 heteroatoms. The monoisotopic (exact) mass is 693 g/mol. The number of methoxy groups -OCH3 is 2. The molecule has 0 spiro atoms. The summed E-state index contributed by atoms with van der Waals surface area (Å²) in [6.45, 7) is 0.0336. The standard InChI is InChI=1S/C39H32ClNO9/c1-46-29-18-20-32-39(45)27(15-19-33(39)50-38(44)26-11-7-4-8-12-26)14-13-24(29)21-22-41-34(42)23-31(48-37(43)25-9-5-3-6-10-25)28-16-17-30(47-2)36(49-32)35(28)40/h3-12,15-17,21,29,31-33,45H,19,22-23H2,1-2H3,(H,41,42)/b24-21-/t29-,31-,32-,33-,39-/m1/s1. The van der Waals surface area contributed by atoms with E-state index in [1.54, 1.807) is 78.9 Å².